The van der Waals surface area contributed by atoms with Gasteiger partial charge < -0.3 is 27.9 Å². The number of ether oxygens (including phenoxy) is 2. The van der Waals surface area contributed by atoms with Crippen LogP contribution in [-0.4, -0.2) is 68.1 Å². The second-order valence-corrected chi connectivity index (χ2v) is 8.39. The molecule has 0 N–H and O–H groups in total. The second-order valence-electron chi connectivity index (χ2n) is 6.98. The molecule has 0 spiro atoms. The van der Waals surface area contributed by atoms with Crippen LogP contribution in [0.15, 0.2) is 48.8 Å². The van der Waals surface area contributed by atoms with Gasteiger partial charge in [-0.1, -0.05) is 12.1 Å². The normalized spacial score (nSPS) is 14.9. The number of rotatable bonds is 12. The van der Waals surface area contributed by atoms with Gasteiger partial charge in [0.2, 0.25) is 11.8 Å². The van der Waals surface area contributed by atoms with E-state index in [1.165, 1.54) is 0 Å². The molecular weight excluding hydrogens is 385 g/mol. The Morgan fingerprint density at radius 2 is 1.64 bits per heavy atom. The zero-order chi connectivity index (χ0) is 20.5. The minimum Gasteiger partial charge on any atom is -0.756 e. The fraction of sp³-hybridized carbons (Fsp3) is 0.444. The summed E-state index contributed by atoms with van der Waals surface area (Å²) in [7, 11) is 1.34. The van der Waals surface area contributed by atoms with E-state index in [9.17, 15) is 9.46 Å². The Morgan fingerprint density at radius 1 is 1.00 bits per heavy atom. The molecule has 0 saturated heterocycles. The topological polar surface area (TPSA) is 103 Å². The predicted molar refractivity (Wildman–Crippen MR) is 101 cm³/mol. The fourth-order valence-corrected chi connectivity index (χ4v) is 2.68. The van der Waals surface area contributed by atoms with Crippen LogP contribution in [-0.2, 0) is 13.6 Å². The molecule has 2 rings (SSSR count). The summed E-state index contributed by atoms with van der Waals surface area (Å²) in [6.45, 7) is 0.285. The van der Waals surface area contributed by atoms with E-state index in [0.29, 0.717) is 22.8 Å². The number of phosphoric acid groups is 1. The first-order valence-electron chi connectivity index (χ1n) is 8.76. The van der Waals surface area contributed by atoms with Gasteiger partial charge in [-0.05, 0) is 12.1 Å². The van der Waals surface area contributed by atoms with Gasteiger partial charge in [-0.2, -0.15) is 0 Å². The third-order valence-electron chi connectivity index (χ3n) is 3.41. The molecule has 0 fully saturated rings. The van der Waals surface area contributed by atoms with E-state index >= 15 is 0 Å². The second kappa shape index (κ2) is 10.5. The summed E-state index contributed by atoms with van der Waals surface area (Å²) in [5, 5.41) is 0. The molecule has 0 aliphatic heterocycles. The molecule has 0 saturated carbocycles. The van der Waals surface area contributed by atoms with Gasteiger partial charge in [-0.15, -0.1) is 0 Å². The van der Waals surface area contributed by atoms with Gasteiger partial charge >= 0.3 is 0 Å². The van der Waals surface area contributed by atoms with Gasteiger partial charge in [0.1, 0.15) is 19.8 Å². The van der Waals surface area contributed by atoms with E-state index in [4.69, 9.17) is 18.5 Å². The average Bonchev–Trinajstić information content (AvgIpc) is 2.64. The van der Waals surface area contributed by atoms with E-state index in [1.54, 1.807) is 48.8 Å². The molecule has 0 aliphatic carbocycles. The molecule has 0 aromatic carbocycles. The van der Waals surface area contributed by atoms with Crippen LogP contribution in [0.1, 0.15) is 0 Å². The first kappa shape index (κ1) is 22.3. The predicted octanol–water partition coefficient (Wildman–Crippen LogP) is 1.51. The molecule has 9 nitrogen and oxygen atoms in total. The quantitative estimate of drug-likeness (QED) is 0.383. The Morgan fingerprint density at radius 3 is 2.21 bits per heavy atom. The largest absolute Gasteiger partial charge is 0.756 e. The van der Waals surface area contributed by atoms with E-state index < -0.39 is 13.9 Å². The fourth-order valence-electron chi connectivity index (χ4n) is 1.95. The maximum Gasteiger partial charge on any atom is 0.268 e. The standard InChI is InChI=1S/C18H26N3O6P/c1-21(2,3)12-13-25-28(22,23)26-15-16(27-18-9-5-7-11-20-18)14-24-17-8-4-6-10-19-17/h4-11,16H,12-15H2,1-3H3/t16-/m1/s1. The van der Waals surface area contributed by atoms with Gasteiger partial charge in [-0.25, -0.2) is 9.97 Å². The molecule has 2 aromatic rings. The van der Waals surface area contributed by atoms with Crippen LogP contribution in [0.3, 0.4) is 0 Å². The third kappa shape index (κ3) is 9.25. The molecule has 0 amide bonds. The summed E-state index contributed by atoms with van der Waals surface area (Å²) in [6, 6.07) is 10.4. The third-order valence-corrected chi connectivity index (χ3v) is 4.37. The van der Waals surface area contributed by atoms with Crippen molar-refractivity contribution < 1.29 is 32.5 Å². The maximum atomic E-state index is 12.0. The Labute approximate surface area is 165 Å². The summed E-state index contributed by atoms with van der Waals surface area (Å²) in [6.07, 6.45) is 2.42. The average molecular weight is 411 g/mol. The number of nitrogens with zero attached hydrogens (tertiary/aromatic N) is 3. The smallest absolute Gasteiger partial charge is 0.268 e. The highest BCUT2D eigenvalue weighted by molar-refractivity contribution is 7.45. The molecule has 0 bridgehead atoms. The summed E-state index contributed by atoms with van der Waals surface area (Å²) in [5.74, 6) is 0.717. The molecule has 0 aliphatic rings. The van der Waals surface area contributed by atoms with Crippen LogP contribution in [0.2, 0.25) is 0 Å². The highest BCUT2D eigenvalue weighted by Crippen LogP contribution is 2.38. The molecule has 0 radical (unpaired) electrons. The number of aromatic nitrogens is 2. The van der Waals surface area contributed by atoms with Crippen molar-refractivity contribution in [2.45, 2.75) is 6.10 Å². The van der Waals surface area contributed by atoms with Crippen molar-refractivity contribution in [2.75, 3.05) is 47.5 Å². The van der Waals surface area contributed by atoms with Gasteiger partial charge in [-0.3, -0.25) is 4.57 Å². The molecule has 28 heavy (non-hydrogen) atoms. The summed E-state index contributed by atoms with van der Waals surface area (Å²) < 4.78 is 33.7. The molecule has 2 heterocycles. The van der Waals surface area contributed by atoms with Crippen LogP contribution in [0, 0.1) is 0 Å². The van der Waals surface area contributed by atoms with Gasteiger partial charge in [0.15, 0.2) is 6.10 Å². The van der Waals surface area contributed by atoms with E-state index in [0.717, 1.165) is 0 Å². The zero-order valence-corrected chi connectivity index (χ0v) is 17.2. The summed E-state index contributed by atoms with van der Waals surface area (Å²) >= 11 is 0. The van der Waals surface area contributed by atoms with E-state index in [-0.39, 0.29) is 19.8 Å². The van der Waals surface area contributed by atoms with E-state index in [1.807, 2.05) is 21.1 Å². The molecule has 1 unspecified atom stereocenters. The Balaban J connectivity index is 1.91. The number of quaternary nitrogens is 1. The maximum absolute atomic E-state index is 12.0. The number of phosphoric ester groups is 1. The molecular formula is C18H26N3O6P. The van der Waals surface area contributed by atoms with Crippen LogP contribution in [0.4, 0.5) is 0 Å². The Hall–Kier alpha value is -2.03. The number of hydrogen-bond donors (Lipinski definition) is 0. The molecule has 2 atom stereocenters. The van der Waals surface area contributed by atoms with Crippen molar-refractivity contribution in [2.24, 2.45) is 0 Å². The number of pyridine rings is 2. The molecule has 154 valence electrons. The lowest BCUT2D eigenvalue weighted by molar-refractivity contribution is -0.870. The number of hydrogen-bond acceptors (Lipinski definition) is 8. The Bertz CT molecular complexity index is 742. The lowest BCUT2D eigenvalue weighted by Gasteiger charge is -2.28. The van der Waals surface area contributed by atoms with Crippen molar-refractivity contribution >= 4 is 7.82 Å². The van der Waals surface area contributed by atoms with E-state index in [2.05, 4.69) is 9.97 Å². The lowest BCUT2D eigenvalue weighted by Crippen LogP contribution is -2.37. The van der Waals surface area contributed by atoms with Gasteiger partial charge in [0, 0.05) is 24.5 Å². The van der Waals surface area contributed by atoms with Crippen molar-refractivity contribution in [1.82, 2.24) is 9.97 Å². The summed E-state index contributed by atoms with van der Waals surface area (Å²) in [5.41, 5.74) is 0. The van der Waals surface area contributed by atoms with Crippen LogP contribution < -0.4 is 14.4 Å². The van der Waals surface area contributed by atoms with Crippen molar-refractivity contribution in [1.29, 1.82) is 0 Å². The van der Waals surface area contributed by atoms with Gasteiger partial charge in [0.05, 0.1) is 27.7 Å². The Kier molecular flexibility index (Phi) is 8.35. The van der Waals surface area contributed by atoms with Crippen LogP contribution in [0.5, 0.6) is 11.8 Å². The van der Waals surface area contributed by atoms with Crippen molar-refractivity contribution in [3.05, 3.63) is 48.8 Å². The SMILES string of the molecule is C[N+](C)(C)CCOP(=O)([O-])OC[C@@H](COc1ccccn1)Oc1ccccn1. The van der Waals surface area contributed by atoms with Crippen LogP contribution in [0.25, 0.3) is 0 Å². The zero-order valence-electron chi connectivity index (χ0n) is 16.3. The minimum absolute atomic E-state index is 0.0203. The first-order chi connectivity index (χ1) is 13.2. The van der Waals surface area contributed by atoms with Crippen molar-refractivity contribution in [3.63, 3.8) is 0 Å². The van der Waals surface area contributed by atoms with Crippen LogP contribution >= 0.6 is 7.82 Å². The lowest BCUT2D eigenvalue weighted by atomic mass is 10.4. The monoisotopic (exact) mass is 411 g/mol. The molecule has 10 heteroatoms. The molecule has 2 aromatic heterocycles. The first-order valence-corrected chi connectivity index (χ1v) is 10.2. The van der Waals surface area contributed by atoms with Gasteiger partial charge in [0.25, 0.3) is 7.82 Å². The van der Waals surface area contributed by atoms with Crippen molar-refractivity contribution in [3.8, 4) is 11.8 Å². The number of likely N-dealkylation sites (N-methyl/N-ethyl adjacent to an activating group) is 1. The highest BCUT2D eigenvalue weighted by Gasteiger charge is 2.19. The summed E-state index contributed by atoms with van der Waals surface area (Å²) in [4.78, 5) is 20.1. The highest BCUT2D eigenvalue weighted by atomic mass is 31.2. The minimum atomic E-state index is -4.46.